The molecule has 2 aromatic rings. The summed E-state index contributed by atoms with van der Waals surface area (Å²) in [5, 5.41) is 0. The fourth-order valence-electron chi connectivity index (χ4n) is 6.86. The van der Waals surface area contributed by atoms with Gasteiger partial charge in [0.2, 0.25) is 11.6 Å². The molecule has 0 bridgehead atoms. The molecule has 2 unspecified atom stereocenters. The zero-order chi connectivity index (χ0) is 33.2. The van der Waals surface area contributed by atoms with Crippen LogP contribution in [-0.4, -0.2) is 11.6 Å². The standard InChI is InChI=1S/C42H70O2S2/c1-5-9-13-17-19-23-27-35(25-21-15-11-7-3)33-37-29-31-39(45-37)41(43)42(44)40-32-30-38(46-40)34-36(26-22-16-12-8-4)28-24-20-18-14-10-6-2/h29-32,35-36H,5-28,33-34H2,1-4H3. The molecule has 0 fully saturated rings. The summed E-state index contributed by atoms with van der Waals surface area (Å²) in [5.74, 6) is 0.740. The first-order valence-electron chi connectivity index (χ1n) is 19.8. The fraction of sp³-hybridized carbons (Fsp3) is 0.762. The number of ketones is 2. The average molecular weight is 671 g/mol. The lowest BCUT2D eigenvalue weighted by Gasteiger charge is -2.16. The van der Waals surface area contributed by atoms with Crippen LogP contribution in [0, 0.1) is 11.8 Å². The Morgan fingerprint density at radius 2 is 0.717 bits per heavy atom. The molecule has 46 heavy (non-hydrogen) atoms. The van der Waals surface area contributed by atoms with Crippen molar-refractivity contribution < 1.29 is 9.59 Å². The van der Waals surface area contributed by atoms with Crippen LogP contribution in [0.1, 0.15) is 211 Å². The van der Waals surface area contributed by atoms with Gasteiger partial charge in [-0.05, 0) is 48.9 Å². The van der Waals surface area contributed by atoms with Crippen molar-refractivity contribution in [1.29, 1.82) is 0 Å². The number of hydrogen-bond acceptors (Lipinski definition) is 4. The highest BCUT2D eigenvalue weighted by Gasteiger charge is 2.23. The van der Waals surface area contributed by atoms with Gasteiger partial charge in [0.25, 0.3) is 0 Å². The Kier molecular flexibility index (Phi) is 23.7. The van der Waals surface area contributed by atoms with Gasteiger partial charge in [-0.3, -0.25) is 9.59 Å². The summed E-state index contributed by atoms with van der Waals surface area (Å²) < 4.78 is 0. The molecule has 0 saturated heterocycles. The number of thiophene rings is 2. The lowest BCUT2D eigenvalue weighted by atomic mass is 9.91. The van der Waals surface area contributed by atoms with Gasteiger partial charge in [-0.25, -0.2) is 0 Å². The van der Waals surface area contributed by atoms with Crippen LogP contribution in [0.5, 0.6) is 0 Å². The predicted molar refractivity (Wildman–Crippen MR) is 205 cm³/mol. The third-order valence-electron chi connectivity index (χ3n) is 9.82. The van der Waals surface area contributed by atoms with E-state index in [2.05, 4.69) is 39.8 Å². The normalized spacial score (nSPS) is 12.9. The van der Waals surface area contributed by atoms with Gasteiger partial charge in [-0.15, -0.1) is 22.7 Å². The first kappa shape index (κ1) is 40.9. The molecular formula is C42H70O2S2. The molecule has 2 nitrogen and oxygen atoms in total. The van der Waals surface area contributed by atoms with Gasteiger partial charge in [0.05, 0.1) is 9.75 Å². The van der Waals surface area contributed by atoms with Gasteiger partial charge in [0.1, 0.15) is 0 Å². The minimum absolute atomic E-state index is 0.316. The lowest BCUT2D eigenvalue weighted by Crippen LogP contribution is -2.11. The third kappa shape index (κ3) is 17.8. The number of carbonyl (C=O) groups is 2. The minimum Gasteiger partial charge on any atom is -0.284 e. The second-order valence-corrected chi connectivity index (χ2v) is 16.5. The minimum atomic E-state index is -0.316. The molecule has 0 amide bonds. The number of hydrogen-bond donors (Lipinski definition) is 0. The van der Waals surface area contributed by atoms with E-state index < -0.39 is 0 Å². The van der Waals surface area contributed by atoms with E-state index in [0.717, 1.165) is 12.8 Å². The second kappa shape index (κ2) is 26.7. The van der Waals surface area contributed by atoms with Crippen LogP contribution >= 0.6 is 22.7 Å². The van der Waals surface area contributed by atoms with Gasteiger partial charge in [-0.1, -0.05) is 182 Å². The molecule has 0 radical (unpaired) electrons. The summed E-state index contributed by atoms with van der Waals surface area (Å²) in [6.07, 6.45) is 33.8. The molecule has 0 N–H and O–H groups in total. The smallest absolute Gasteiger partial charge is 0.244 e. The Hall–Kier alpha value is -1.26. The van der Waals surface area contributed by atoms with E-state index in [1.807, 2.05) is 12.1 Å². The zero-order valence-electron chi connectivity index (χ0n) is 30.5. The molecule has 0 saturated carbocycles. The van der Waals surface area contributed by atoms with Crippen LogP contribution in [0.15, 0.2) is 24.3 Å². The molecule has 0 aliphatic rings. The first-order chi connectivity index (χ1) is 22.5. The van der Waals surface area contributed by atoms with Gasteiger partial charge in [-0.2, -0.15) is 0 Å². The number of rotatable bonds is 31. The highest BCUT2D eigenvalue weighted by molar-refractivity contribution is 7.17. The summed E-state index contributed by atoms with van der Waals surface area (Å²) in [6, 6.07) is 8.08. The number of unbranched alkanes of at least 4 members (excludes halogenated alkanes) is 16. The SMILES string of the molecule is CCCCCCCCC(CCCCCC)Cc1ccc(C(=O)C(=O)c2ccc(CC(CCCCCC)CCCCCCCC)s2)s1. The summed E-state index contributed by atoms with van der Waals surface area (Å²) >= 11 is 3.13. The molecule has 2 aromatic heterocycles. The topological polar surface area (TPSA) is 34.1 Å². The lowest BCUT2D eigenvalue weighted by molar-refractivity contribution is 0.0821. The van der Waals surface area contributed by atoms with E-state index >= 15 is 0 Å². The Balaban J connectivity index is 1.94. The van der Waals surface area contributed by atoms with Crippen molar-refractivity contribution in [3.63, 3.8) is 0 Å². The summed E-state index contributed by atoms with van der Waals surface area (Å²) in [4.78, 5) is 30.5. The predicted octanol–water partition coefficient (Wildman–Crippen LogP) is 14.6. The maximum atomic E-state index is 13.3. The van der Waals surface area contributed by atoms with Gasteiger partial charge < -0.3 is 0 Å². The van der Waals surface area contributed by atoms with Crippen LogP contribution in [0.4, 0.5) is 0 Å². The molecular weight excluding hydrogens is 601 g/mol. The van der Waals surface area contributed by atoms with E-state index in [4.69, 9.17) is 0 Å². The molecule has 262 valence electrons. The Bertz CT molecular complexity index is 952. The third-order valence-corrected chi connectivity index (χ3v) is 12.0. The highest BCUT2D eigenvalue weighted by atomic mass is 32.1. The molecule has 0 spiro atoms. The first-order valence-corrected chi connectivity index (χ1v) is 21.4. The molecule has 0 aliphatic carbocycles. The second-order valence-electron chi connectivity index (χ2n) is 14.1. The summed E-state index contributed by atoms with van der Waals surface area (Å²) in [7, 11) is 0. The van der Waals surface area contributed by atoms with E-state index in [1.165, 1.54) is 164 Å². The molecule has 4 heteroatoms. The molecule has 2 heterocycles. The Morgan fingerprint density at radius 1 is 0.435 bits per heavy atom. The number of carbonyl (C=O) groups excluding carboxylic acids is 2. The van der Waals surface area contributed by atoms with Gasteiger partial charge in [0, 0.05) is 9.75 Å². The van der Waals surface area contributed by atoms with Crippen molar-refractivity contribution in [3.05, 3.63) is 43.8 Å². The molecule has 0 aliphatic heterocycles. The largest absolute Gasteiger partial charge is 0.284 e. The fourth-order valence-corrected chi connectivity index (χ4v) is 8.97. The van der Waals surface area contributed by atoms with E-state index in [-0.39, 0.29) is 11.6 Å². The monoisotopic (exact) mass is 670 g/mol. The Labute approximate surface area is 293 Å². The van der Waals surface area contributed by atoms with Crippen LogP contribution < -0.4 is 0 Å². The summed E-state index contributed by atoms with van der Waals surface area (Å²) in [5.41, 5.74) is 0. The summed E-state index contributed by atoms with van der Waals surface area (Å²) in [6.45, 7) is 9.11. The van der Waals surface area contributed by atoms with Crippen LogP contribution in [-0.2, 0) is 12.8 Å². The number of Topliss-reactive ketones (excluding diaryl/α,β-unsaturated/α-hetero) is 2. The van der Waals surface area contributed by atoms with Crippen LogP contribution in [0.25, 0.3) is 0 Å². The van der Waals surface area contributed by atoms with Gasteiger partial charge in [0.15, 0.2) is 0 Å². The Morgan fingerprint density at radius 3 is 1.04 bits per heavy atom. The van der Waals surface area contributed by atoms with Crippen molar-refractivity contribution >= 4 is 34.2 Å². The van der Waals surface area contributed by atoms with E-state index in [0.29, 0.717) is 21.6 Å². The average Bonchev–Trinajstić information content (AvgIpc) is 3.73. The molecule has 2 atom stereocenters. The molecule has 2 rings (SSSR count). The van der Waals surface area contributed by atoms with Crippen molar-refractivity contribution in [2.24, 2.45) is 11.8 Å². The highest BCUT2D eigenvalue weighted by Crippen LogP contribution is 2.30. The van der Waals surface area contributed by atoms with Crippen molar-refractivity contribution in [3.8, 4) is 0 Å². The zero-order valence-corrected chi connectivity index (χ0v) is 32.1. The van der Waals surface area contributed by atoms with Crippen molar-refractivity contribution in [2.45, 2.75) is 195 Å². The van der Waals surface area contributed by atoms with E-state index in [9.17, 15) is 9.59 Å². The molecule has 0 aromatic carbocycles. The quantitative estimate of drug-likeness (QED) is 0.0454. The van der Waals surface area contributed by atoms with E-state index in [1.54, 1.807) is 22.7 Å². The van der Waals surface area contributed by atoms with Crippen molar-refractivity contribution in [2.75, 3.05) is 0 Å². The van der Waals surface area contributed by atoms with Crippen LogP contribution in [0.2, 0.25) is 0 Å². The van der Waals surface area contributed by atoms with Crippen molar-refractivity contribution in [1.82, 2.24) is 0 Å². The maximum absolute atomic E-state index is 13.3. The van der Waals surface area contributed by atoms with Crippen LogP contribution in [0.3, 0.4) is 0 Å². The van der Waals surface area contributed by atoms with Gasteiger partial charge >= 0.3 is 0 Å². The maximum Gasteiger partial charge on any atom is 0.244 e.